The van der Waals surface area contributed by atoms with E-state index < -0.39 is 24.5 Å². The van der Waals surface area contributed by atoms with Gasteiger partial charge in [-0.25, -0.2) is 4.79 Å². The van der Waals surface area contributed by atoms with Crippen LogP contribution in [-0.4, -0.2) is 30.4 Å². The van der Waals surface area contributed by atoms with Crippen molar-refractivity contribution in [2.24, 2.45) is 0 Å². The fourth-order valence-corrected chi connectivity index (χ4v) is 2.29. The van der Waals surface area contributed by atoms with Gasteiger partial charge >= 0.3 is 5.97 Å². The predicted molar refractivity (Wildman–Crippen MR) is 98.9 cm³/mol. The van der Waals surface area contributed by atoms with E-state index in [1.54, 1.807) is 30.3 Å². The largest absolute Gasteiger partial charge is 0.454 e. The summed E-state index contributed by atoms with van der Waals surface area (Å²) in [5.74, 6) is -1.49. The van der Waals surface area contributed by atoms with E-state index in [1.165, 1.54) is 6.92 Å². The number of hydrogen-bond acceptors (Lipinski definition) is 4. The molecule has 2 amide bonds. The monoisotopic (exact) mass is 354 g/mol. The molecular weight excluding hydrogens is 332 g/mol. The lowest BCUT2D eigenvalue weighted by atomic mass is 10.1. The van der Waals surface area contributed by atoms with Crippen molar-refractivity contribution < 1.29 is 19.1 Å². The number of carbonyl (C=O) groups excluding carboxylic acids is 3. The Morgan fingerprint density at radius 2 is 1.77 bits per heavy atom. The van der Waals surface area contributed by atoms with E-state index in [0.29, 0.717) is 11.3 Å². The number of para-hydroxylation sites is 1. The second kappa shape index (κ2) is 8.80. The van der Waals surface area contributed by atoms with Crippen LogP contribution in [0.2, 0.25) is 0 Å². The maximum Gasteiger partial charge on any atom is 0.328 e. The number of rotatable bonds is 6. The van der Waals surface area contributed by atoms with Gasteiger partial charge < -0.3 is 15.4 Å². The van der Waals surface area contributed by atoms with E-state index in [1.807, 2.05) is 32.0 Å². The Morgan fingerprint density at radius 3 is 2.46 bits per heavy atom. The molecule has 2 N–H and O–H groups in total. The zero-order valence-corrected chi connectivity index (χ0v) is 15.0. The number of amides is 2. The number of benzene rings is 2. The minimum atomic E-state index is -0.866. The van der Waals surface area contributed by atoms with Crippen molar-refractivity contribution in [3.8, 4) is 0 Å². The Labute approximate surface area is 152 Å². The van der Waals surface area contributed by atoms with Crippen LogP contribution in [0.1, 0.15) is 28.4 Å². The number of ether oxygens (including phenoxy) is 1. The zero-order valence-electron chi connectivity index (χ0n) is 15.0. The van der Waals surface area contributed by atoms with Crippen molar-refractivity contribution in [3.63, 3.8) is 0 Å². The molecule has 0 bridgehead atoms. The third-order valence-corrected chi connectivity index (χ3v) is 3.75. The zero-order chi connectivity index (χ0) is 19.1. The highest BCUT2D eigenvalue weighted by Crippen LogP contribution is 2.12. The van der Waals surface area contributed by atoms with Gasteiger partial charge in [0.1, 0.15) is 6.04 Å². The van der Waals surface area contributed by atoms with Gasteiger partial charge in [-0.3, -0.25) is 9.59 Å². The first kappa shape index (κ1) is 19.2. The van der Waals surface area contributed by atoms with Crippen LogP contribution in [0.5, 0.6) is 0 Å². The second-order valence-electron chi connectivity index (χ2n) is 6.04. The Bertz CT molecular complexity index is 817. The van der Waals surface area contributed by atoms with Crippen LogP contribution >= 0.6 is 0 Å². The molecule has 26 heavy (non-hydrogen) atoms. The number of hydrogen-bond donors (Lipinski definition) is 2. The van der Waals surface area contributed by atoms with Crippen LogP contribution in [0.25, 0.3) is 0 Å². The van der Waals surface area contributed by atoms with Crippen LogP contribution < -0.4 is 10.6 Å². The number of anilines is 1. The summed E-state index contributed by atoms with van der Waals surface area (Å²) in [7, 11) is 0. The maximum atomic E-state index is 12.1. The molecule has 0 aliphatic heterocycles. The van der Waals surface area contributed by atoms with Crippen LogP contribution in [0.4, 0.5) is 5.69 Å². The van der Waals surface area contributed by atoms with Gasteiger partial charge in [-0.1, -0.05) is 35.9 Å². The van der Waals surface area contributed by atoms with E-state index in [4.69, 9.17) is 4.74 Å². The summed E-state index contributed by atoms with van der Waals surface area (Å²) >= 11 is 0. The summed E-state index contributed by atoms with van der Waals surface area (Å²) in [6, 6.07) is 13.5. The molecule has 2 rings (SSSR count). The average molecular weight is 354 g/mol. The molecule has 1 atom stereocenters. The van der Waals surface area contributed by atoms with Crippen molar-refractivity contribution in [3.05, 3.63) is 65.2 Å². The second-order valence-corrected chi connectivity index (χ2v) is 6.04. The van der Waals surface area contributed by atoms with Crippen molar-refractivity contribution in [2.75, 3.05) is 11.9 Å². The summed E-state index contributed by atoms with van der Waals surface area (Å²) in [6.07, 6.45) is 0. The molecular formula is C20H22N2O4. The van der Waals surface area contributed by atoms with Gasteiger partial charge in [-0.15, -0.1) is 0 Å². The molecule has 0 radical (unpaired) electrons. The highest BCUT2D eigenvalue weighted by atomic mass is 16.5. The quantitative estimate of drug-likeness (QED) is 0.781. The Morgan fingerprint density at radius 1 is 1.04 bits per heavy atom. The van der Waals surface area contributed by atoms with Gasteiger partial charge in [0.25, 0.3) is 11.8 Å². The maximum absolute atomic E-state index is 12.1. The van der Waals surface area contributed by atoms with E-state index in [9.17, 15) is 14.4 Å². The molecule has 136 valence electrons. The summed E-state index contributed by atoms with van der Waals surface area (Å²) in [5.41, 5.74) is 2.98. The van der Waals surface area contributed by atoms with E-state index in [0.717, 1.165) is 11.1 Å². The molecule has 0 saturated carbocycles. The minimum Gasteiger partial charge on any atom is -0.454 e. The highest BCUT2D eigenvalue weighted by Gasteiger charge is 2.19. The molecule has 6 nitrogen and oxygen atoms in total. The summed E-state index contributed by atoms with van der Waals surface area (Å²) in [6.45, 7) is 4.83. The SMILES string of the molecule is Cc1cccc(C(=O)N[C@@H](C)C(=O)OCC(=O)Nc2ccccc2C)c1. The van der Waals surface area contributed by atoms with Gasteiger partial charge in [0.05, 0.1) is 0 Å². The molecule has 0 aromatic heterocycles. The van der Waals surface area contributed by atoms with Crippen molar-refractivity contribution >= 4 is 23.5 Å². The van der Waals surface area contributed by atoms with Crippen LogP contribution in [-0.2, 0) is 14.3 Å². The number of nitrogens with one attached hydrogen (secondary N) is 2. The third-order valence-electron chi connectivity index (χ3n) is 3.75. The molecule has 2 aromatic rings. The highest BCUT2D eigenvalue weighted by molar-refractivity contribution is 5.97. The molecule has 0 spiro atoms. The molecule has 6 heteroatoms. The predicted octanol–water partition coefficient (Wildman–Crippen LogP) is 2.60. The Hall–Kier alpha value is -3.15. The first-order valence-electron chi connectivity index (χ1n) is 8.26. The molecule has 2 aromatic carbocycles. The molecule has 0 fully saturated rings. The molecule has 0 aliphatic carbocycles. The molecule has 0 aliphatic rings. The normalized spacial score (nSPS) is 11.3. The van der Waals surface area contributed by atoms with Crippen LogP contribution in [0.15, 0.2) is 48.5 Å². The number of esters is 1. The van der Waals surface area contributed by atoms with Gasteiger partial charge in [0, 0.05) is 11.3 Å². The number of aryl methyl sites for hydroxylation is 2. The van der Waals surface area contributed by atoms with Crippen molar-refractivity contribution in [1.82, 2.24) is 5.32 Å². The standard InChI is InChI=1S/C20H22N2O4/c1-13-7-6-9-16(11-13)19(24)21-15(3)20(25)26-12-18(23)22-17-10-5-4-8-14(17)2/h4-11,15H,12H2,1-3H3,(H,21,24)(H,22,23)/t15-/m0/s1. The van der Waals surface area contributed by atoms with Gasteiger partial charge in [-0.05, 0) is 44.5 Å². The first-order chi connectivity index (χ1) is 12.4. The van der Waals surface area contributed by atoms with Crippen molar-refractivity contribution in [2.45, 2.75) is 26.8 Å². The smallest absolute Gasteiger partial charge is 0.328 e. The fourth-order valence-electron chi connectivity index (χ4n) is 2.29. The van der Waals surface area contributed by atoms with Gasteiger partial charge in [0.2, 0.25) is 0 Å². The Kier molecular flexibility index (Phi) is 6.49. The number of carbonyl (C=O) groups is 3. The summed E-state index contributed by atoms with van der Waals surface area (Å²) < 4.78 is 4.97. The topological polar surface area (TPSA) is 84.5 Å². The summed E-state index contributed by atoms with van der Waals surface area (Å²) in [4.78, 5) is 36.0. The van der Waals surface area contributed by atoms with Crippen LogP contribution in [0, 0.1) is 13.8 Å². The van der Waals surface area contributed by atoms with Gasteiger partial charge in [-0.2, -0.15) is 0 Å². The molecule has 0 unspecified atom stereocenters. The van der Waals surface area contributed by atoms with Crippen molar-refractivity contribution in [1.29, 1.82) is 0 Å². The lowest BCUT2D eigenvalue weighted by Gasteiger charge is -2.14. The van der Waals surface area contributed by atoms with E-state index >= 15 is 0 Å². The lowest BCUT2D eigenvalue weighted by Crippen LogP contribution is -2.40. The first-order valence-corrected chi connectivity index (χ1v) is 8.26. The molecule has 0 saturated heterocycles. The van der Waals surface area contributed by atoms with Gasteiger partial charge in [0.15, 0.2) is 6.61 Å². The lowest BCUT2D eigenvalue weighted by molar-refractivity contribution is -0.148. The van der Waals surface area contributed by atoms with E-state index in [-0.39, 0.29) is 5.91 Å². The fraction of sp³-hybridized carbons (Fsp3) is 0.250. The average Bonchev–Trinajstić information content (AvgIpc) is 2.61. The van der Waals surface area contributed by atoms with Crippen LogP contribution in [0.3, 0.4) is 0 Å². The molecule has 0 heterocycles. The minimum absolute atomic E-state index is 0.373. The third kappa shape index (κ3) is 5.44. The Balaban J connectivity index is 1.82. The summed E-state index contributed by atoms with van der Waals surface area (Å²) in [5, 5.41) is 5.23. The van der Waals surface area contributed by atoms with E-state index in [2.05, 4.69) is 10.6 Å².